The second-order valence-electron chi connectivity index (χ2n) is 5.14. The maximum Gasteiger partial charge on any atom is 0.200 e. The molecule has 0 saturated carbocycles. The molecule has 28 heavy (non-hydrogen) atoms. The van der Waals surface area contributed by atoms with Crippen LogP contribution < -0.4 is 0 Å². The topological polar surface area (TPSA) is 34.1 Å². The Morgan fingerprint density at radius 3 is 1.25 bits per heavy atom. The SMILES string of the molecule is O=S(=O)(/C=C/c1c(F)c(F)c(F)c(F)c1F)Cc1c(F)c(F)c(F)c(F)c1F. The summed E-state index contributed by atoms with van der Waals surface area (Å²) in [5.74, 6) is -26.3. The third-order valence-electron chi connectivity index (χ3n) is 3.33. The summed E-state index contributed by atoms with van der Waals surface area (Å²) in [5, 5.41) is -0.205. The van der Waals surface area contributed by atoms with Crippen LogP contribution in [0.15, 0.2) is 5.41 Å². The summed E-state index contributed by atoms with van der Waals surface area (Å²) in [7, 11) is -4.98. The zero-order chi connectivity index (χ0) is 21.5. The lowest BCUT2D eigenvalue weighted by atomic mass is 10.1. The molecular weight excluding hydrogens is 434 g/mol. The fraction of sp³-hybridized carbons (Fsp3) is 0.0667. The molecule has 0 aromatic heterocycles. The molecule has 0 N–H and O–H groups in total. The van der Waals surface area contributed by atoms with E-state index in [1.54, 1.807) is 0 Å². The van der Waals surface area contributed by atoms with Crippen molar-refractivity contribution in [1.82, 2.24) is 0 Å². The minimum absolute atomic E-state index is 0.113. The maximum atomic E-state index is 13.5. The zero-order valence-electron chi connectivity index (χ0n) is 12.9. The Balaban J connectivity index is 2.50. The lowest BCUT2D eigenvalue weighted by Crippen LogP contribution is -2.11. The molecule has 0 aliphatic heterocycles. The Morgan fingerprint density at radius 2 is 0.857 bits per heavy atom. The number of benzene rings is 2. The van der Waals surface area contributed by atoms with Gasteiger partial charge in [0.15, 0.2) is 56.4 Å². The Hall–Kier alpha value is -2.57. The minimum Gasteiger partial charge on any atom is -0.224 e. The molecule has 2 aromatic carbocycles. The molecule has 13 heteroatoms. The Bertz CT molecular complexity index is 1050. The number of halogens is 10. The van der Waals surface area contributed by atoms with Crippen molar-refractivity contribution in [2.45, 2.75) is 5.75 Å². The highest BCUT2D eigenvalue weighted by molar-refractivity contribution is 7.93. The highest BCUT2D eigenvalue weighted by Crippen LogP contribution is 2.27. The second kappa shape index (κ2) is 7.45. The third kappa shape index (κ3) is 3.70. The number of rotatable bonds is 4. The van der Waals surface area contributed by atoms with Crippen molar-refractivity contribution in [3.63, 3.8) is 0 Å². The van der Waals surface area contributed by atoms with Gasteiger partial charge in [-0.05, 0) is 6.08 Å². The molecule has 2 rings (SSSR count). The summed E-state index contributed by atoms with van der Waals surface area (Å²) in [6, 6.07) is 0. The van der Waals surface area contributed by atoms with Crippen LogP contribution in [-0.2, 0) is 15.6 Å². The summed E-state index contributed by atoms with van der Waals surface area (Å²) in [4.78, 5) is 0. The van der Waals surface area contributed by atoms with Crippen LogP contribution in [0.1, 0.15) is 11.1 Å². The number of sulfone groups is 1. The molecule has 0 radical (unpaired) electrons. The smallest absolute Gasteiger partial charge is 0.200 e. The molecule has 0 aliphatic carbocycles. The van der Waals surface area contributed by atoms with Crippen LogP contribution in [-0.4, -0.2) is 8.42 Å². The molecule has 0 amide bonds. The maximum absolute atomic E-state index is 13.5. The predicted octanol–water partition coefficient (Wildman–Crippen LogP) is 4.66. The van der Waals surface area contributed by atoms with Gasteiger partial charge >= 0.3 is 0 Å². The van der Waals surface area contributed by atoms with Crippen molar-refractivity contribution >= 4 is 15.9 Å². The first-order valence-electron chi connectivity index (χ1n) is 6.72. The van der Waals surface area contributed by atoms with E-state index < -0.39 is 84.9 Å². The van der Waals surface area contributed by atoms with Crippen molar-refractivity contribution in [2.75, 3.05) is 0 Å². The lowest BCUT2D eigenvalue weighted by molar-refractivity contribution is 0.372. The molecular formula is C15H4F10O2S. The van der Waals surface area contributed by atoms with Crippen LogP contribution in [0.25, 0.3) is 6.08 Å². The fourth-order valence-electron chi connectivity index (χ4n) is 1.97. The van der Waals surface area contributed by atoms with Crippen LogP contribution in [0.2, 0.25) is 0 Å². The molecule has 0 heterocycles. The lowest BCUT2D eigenvalue weighted by Gasteiger charge is -2.08. The van der Waals surface area contributed by atoms with E-state index in [9.17, 15) is 52.3 Å². The Labute approximate surface area is 149 Å². The van der Waals surface area contributed by atoms with Gasteiger partial charge in [-0.3, -0.25) is 0 Å². The van der Waals surface area contributed by atoms with E-state index in [2.05, 4.69) is 0 Å². The van der Waals surface area contributed by atoms with E-state index in [1.165, 1.54) is 0 Å². The van der Waals surface area contributed by atoms with Gasteiger partial charge in [-0.2, -0.15) is 0 Å². The van der Waals surface area contributed by atoms with E-state index in [1.807, 2.05) is 0 Å². The first-order chi connectivity index (χ1) is 12.8. The third-order valence-corrected chi connectivity index (χ3v) is 4.57. The average molecular weight is 438 g/mol. The summed E-state index contributed by atoms with van der Waals surface area (Å²) in [6.45, 7) is 0. The van der Waals surface area contributed by atoms with Crippen LogP contribution >= 0.6 is 0 Å². The quantitative estimate of drug-likeness (QED) is 0.395. The van der Waals surface area contributed by atoms with Crippen molar-refractivity contribution in [3.8, 4) is 0 Å². The van der Waals surface area contributed by atoms with Gasteiger partial charge < -0.3 is 0 Å². The van der Waals surface area contributed by atoms with Gasteiger partial charge in [0.1, 0.15) is 0 Å². The van der Waals surface area contributed by atoms with Gasteiger partial charge in [-0.15, -0.1) is 0 Å². The summed E-state index contributed by atoms with van der Waals surface area (Å²) < 4.78 is 156. The zero-order valence-corrected chi connectivity index (χ0v) is 13.7. The summed E-state index contributed by atoms with van der Waals surface area (Å²) in [6.07, 6.45) is -0.113. The molecule has 0 saturated heterocycles. The van der Waals surface area contributed by atoms with Gasteiger partial charge in [-0.25, -0.2) is 52.3 Å². The van der Waals surface area contributed by atoms with E-state index in [-0.39, 0.29) is 11.5 Å². The van der Waals surface area contributed by atoms with Gasteiger partial charge in [0.05, 0.1) is 11.3 Å². The van der Waals surface area contributed by atoms with Crippen molar-refractivity contribution in [3.05, 3.63) is 74.7 Å². The molecule has 2 nitrogen and oxygen atoms in total. The van der Waals surface area contributed by atoms with E-state index >= 15 is 0 Å². The minimum atomic E-state index is -4.98. The van der Waals surface area contributed by atoms with Crippen LogP contribution in [0.3, 0.4) is 0 Å². The normalized spacial score (nSPS) is 12.2. The average Bonchev–Trinajstić information content (AvgIpc) is 2.65. The fourth-order valence-corrected chi connectivity index (χ4v) is 3.06. The van der Waals surface area contributed by atoms with Crippen molar-refractivity contribution < 1.29 is 52.3 Å². The molecule has 2 aromatic rings. The number of hydrogen-bond acceptors (Lipinski definition) is 2. The van der Waals surface area contributed by atoms with E-state index in [0.29, 0.717) is 0 Å². The standard InChI is InChI=1S/C15H4F10O2S/c16-6-4(7(17)11(21)14(24)10(6)20)1-2-28(26,27)3-5-8(18)12(22)15(25)13(23)9(5)19/h1-2H,3H2/b2-1+. The summed E-state index contributed by atoms with van der Waals surface area (Å²) in [5.41, 5.74) is -3.48. The van der Waals surface area contributed by atoms with Crippen LogP contribution in [0.5, 0.6) is 0 Å². The van der Waals surface area contributed by atoms with Crippen molar-refractivity contribution in [2.24, 2.45) is 0 Å². The van der Waals surface area contributed by atoms with Gasteiger partial charge in [0.2, 0.25) is 11.6 Å². The predicted molar refractivity (Wildman–Crippen MR) is 74.1 cm³/mol. The molecule has 0 bridgehead atoms. The van der Waals surface area contributed by atoms with Gasteiger partial charge in [-0.1, -0.05) is 0 Å². The van der Waals surface area contributed by atoms with E-state index in [4.69, 9.17) is 0 Å². The molecule has 152 valence electrons. The summed E-state index contributed by atoms with van der Waals surface area (Å²) >= 11 is 0. The van der Waals surface area contributed by atoms with Gasteiger partial charge in [0.25, 0.3) is 0 Å². The van der Waals surface area contributed by atoms with E-state index in [0.717, 1.165) is 0 Å². The molecule has 0 atom stereocenters. The highest BCUT2D eigenvalue weighted by Gasteiger charge is 2.29. The first kappa shape index (κ1) is 21.7. The molecule has 0 unspecified atom stereocenters. The molecule has 0 spiro atoms. The van der Waals surface area contributed by atoms with Crippen molar-refractivity contribution in [1.29, 1.82) is 0 Å². The molecule has 0 aliphatic rings. The first-order valence-corrected chi connectivity index (χ1v) is 8.44. The number of hydrogen-bond donors (Lipinski definition) is 0. The van der Waals surface area contributed by atoms with Crippen LogP contribution in [0.4, 0.5) is 43.9 Å². The largest absolute Gasteiger partial charge is 0.224 e. The van der Waals surface area contributed by atoms with Crippen LogP contribution in [0, 0.1) is 58.2 Å². The highest BCUT2D eigenvalue weighted by atomic mass is 32.2. The van der Waals surface area contributed by atoms with Gasteiger partial charge in [0, 0.05) is 11.0 Å². The molecule has 0 fully saturated rings. The Kier molecular flexibility index (Phi) is 5.78. The Morgan fingerprint density at radius 1 is 0.536 bits per heavy atom. The monoisotopic (exact) mass is 438 g/mol. The second-order valence-corrected chi connectivity index (χ2v) is 7.03.